The van der Waals surface area contributed by atoms with Crippen molar-refractivity contribution in [2.45, 2.75) is 18.9 Å². The van der Waals surface area contributed by atoms with Crippen molar-refractivity contribution < 1.29 is 17.9 Å². The highest BCUT2D eigenvalue weighted by Gasteiger charge is 2.25. The molecule has 1 aromatic rings. The van der Waals surface area contributed by atoms with E-state index in [1.165, 1.54) is 17.2 Å². The third kappa shape index (κ3) is 3.83. The van der Waals surface area contributed by atoms with E-state index in [0.29, 0.717) is 5.75 Å². The predicted molar refractivity (Wildman–Crippen MR) is 74.4 cm³/mol. The van der Waals surface area contributed by atoms with Gasteiger partial charge in [0.2, 0.25) is 10.0 Å². The fourth-order valence-electron chi connectivity index (χ4n) is 1.55. The van der Waals surface area contributed by atoms with Gasteiger partial charge in [-0.15, -0.1) is 0 Å². The van der Waals surface area contributed by atoms with E-state index >= 15 is 0 Å². The summed E-state index contributed by atoms with van der Waals surface area (Å²) in [4.78, 5) is 17.4. The van der Waals surface area contributed by atoms with Crippen LogP contribution < -0.4 is 9.46 Å². The van der Waals surface area contributed by atoms with Crippen molar-refractivity contribution in [3.63, 3.8) is 0 Å². The van der Waals surface area contributed by atoms with Crippen molar-refractivity contribution in [3.05, 3.63) is 17.8 Å². The molecule has 0 saturated heterocycles. The molecule has 8 heteroatoms. The van der Waals surface area contributed by atoms with E-state index in [0.717, 1.165) is 19.1 Å². The molecular weight excluding hydrogens is 282 g/mol. The van der Waals surface area contributed by atoms with Gasteiger partial charge in [0, 0.05) is 14.1 Å². The summed E-state index contributed by atoms with van der Waals surface area (Å²) >= 11 is 0. The first-order valence-electron chi connectivity index (χ1n) is 6.12. The smallest absolute Gasteiger partial charge is 0.257 e. The van der Waals surface area contributed by atoms with E-state index in [4.69, 9.17) is 4.74 Å². The van der Waals surface area contributed by atoms with E-state index in [-0.39, 0.29) is 23.4 Å². The Labute approximate surface area is 118 Å². The van der Waals surface area contributed by atoms with Gasteiger partial charge < -0.3 is 9.64 Å². The molecule has 0 unspecified atom stereocenters. The molecule has 0 bridgehead atoms. The van der Waals surface area contributed by atoms with Gasteiger partial charge in [-0.25, -0.2) is 13.4 Å². The first-order chi connectivity index (χ1) is 9.26. The van der Waals surface area contributed by atoms with Crippen LogP contribution in [-0.2, 0) is 10.0 Å². The van der Waals surface area contributed by atoms with Crippen LogP contribution in [0.2, 0.25) is 0 Å². The van der Waals surface area contributed by atoms with Gasteiger partial charge in [0.25, 0.3) is 5.91 Å². The van der Waals surface area contributed by atoms with E-state index < -0.39 is 10.0 Å². The SMILES string of the molecule is CN(C)C(=O)c1cc(OC2CC2)cnc1NS(C)(=O)=O. The fourth-order valence-corrected chi connectivity index (χ4v) is 2.06. The number of aromatic nitrogens is 1. The summed E-state index contributed by atoms with van der Waals surface area (Å²) in [7, 11) is -0.338. The Morgan fingerprint density at radius 2 is 2.10 bits per heavy atom. The summed E-state index contributed by atoms with van der Waals surface area (Å²) in [6.45, 7) is 0. The average Bonchev–Trinajstić information content (AvgIpc) is 3.12. The number of amides is 1. The summed E-state index contributed by atoms with van der Waals surface area (Å²) in [5.41, 5.74) is 0.165. The van der Waals surface area contributed by atoms with Gasteiger partial charge in [-0.05, 0) is 18.9 Å². The Balaban J connectivity index is 2.36. The van der Waals surface area contributed by atoms with Crippen molar-refractivity contribution in [2.24, 2.45) is 0 Å². The molecule has 1 amide bonds. The van der Waals surface area contributed by atoms with E-state index in [1.54, 1.807) is 14.1 Å². The average molecular weight is 299 g/mol. The van der Waals surface area contributed by atoms with Crippen LogP contribution in [0.3, 0.4) is 0 Å². The molecule has 0 aliphatic heterocycles. The lowest BCUT2D eigenvalue weighted by Gasteiger charge is -2.15. The Bertz CT molecular complexity index is 624. The van der Waals surface area contributed by atoms with Crippen molar-refractivity contribution in [3.8, 4) is 5.75 Å². The van der Waals surface area contributed by atoms with Gasteiger partial charge in [0.1, 0.15) is 5.75 Å². The van der Waals surface area contributed by atoms with E-state index in [9.17, 15) is 13.2 Å². The first-order valence-corrected chi connectivity index (χ1v) is 8.01. The highest BCUT2D eigenvalue weighted by molar-refractivity contribution is 7.92. The summed E-state index contributed by atoms with van der Waals surface area (Å²) in [6, 6.07) is 1.52. The molecule has 0 spiro atoms. The molecule has 1 saturated carbocycles. The zero-order valence-corrected chi connectivity index (χ0v) is 12.4. The maximum atomic E-state index is 12.1. The van der Waals surface area contributed by atoms with Gasteiger partial charge in [-0.2, -0.15) is 0 Å². The fraction of sp³-hybridized carbons (Fsp3) is 0.500. The van der Waals surface area contributed by atoms with Crippen LogP contribution in [-0.4, -0.2) is 50.7 Å². The number of sulfonamides is 1. The molecule has 1 aliphatic carbocycles. The minimum atomic E-state index is -3.51. The molecular formula is C12H17N3O4S. The molecule has 1 aromatic heterocycles. The minimum Gasteiger partial charge on any atom is -0.489 e. The Morgan fingerprint density at radius 3 is 2.60 bits per heavy atom. The van der Waals surface area contributed by atoms with Gasteiger partial charge in [-0.1, -0.05) is 0 Å². The normalized spacial score (nSPS) is 14.8. The molecule has 1 N–H and O–H groups in total. The molecule has 0 aromatic carbocycles. The van der Waals surface area contributed by atoms with Gasteiger partial charge in [0.15, 0.2) is 5.82 Å². The van der Waals surface area contributed by atoms with Crippen LogP contribution in [0.1, 0.15) is 23.2 Å². The Kier molecular flexibility index (Phi) is 3.85. The third-order valence-corrected chi connectivity index (χ3v) is 3.17. The zero-order chi connectivity index (χ0) is 14.9. The molecule has 1 fully saturated rings. The van der Waals surface area contributed by atoms with Gasteiger partial charge in [0.05, 0.1) is 24.1 Å². The Hall–Kier alpha value is -1.83. The van der Waals surface area contributed by atoms with Gasteiger partial charge >= 0.3 is 0 Å². The first kappa shape index (κ1) is 14.6. The standard InChI is InChI=1S/C12H17N3O4S/c1-15(2)12(16)10-6-9(19-8-4-5-8)7-13-11(10)14-20(3,17)18/h6-8H,4-5H2,1-3H3,(H,13,14). The van der Waals surface area contributed by atoms with Crippen molar-refractivity contribution in [2.75, 3.05) is 25.1 Å². The number of nitrogens with zero attached hydrogens (tertiary/aromatic N) is 2. The molecule has 0 radical (unpaired) electrons. The van der Waals surface area contributed by atoms with Crippen LogP contribution in [0.25, 0.3) is 0 Å². The number of ether oxygens (including phenoxy) is 1. The number of hydrogen-bond acceptors (Lipinski definition) is 5. The molecule has 0 atom stereocenters. The van der Waals surface area contributed by atoms with Gasteiger partial charge in [-0.3, -0.25) is 9.52 Å². The topological polar surface area (TPSA) is 88.6 Å². The summed E-state index contributed by atoms with van der Waals surface area (Å²) < 4.78 is 30.4. The zero-order valence-electron chi connectivity index (χ0n) is 11.6. The van der Waals surface area contributed by atoms with E-state index in [1.807, 2.05) is 0 Å². The summed E-state index contributed by atoms with van der Waals surface area (Å²) in [5, 5.41) is 0. The lowest BCUT2D eigenvalue weighted by atomic mass is 10.2. The number of carbonyl (C=O) groups is 1. The number of rotatable bonds is 5. The monoisotopic (exact) mass is 299 g/mol. The second-order valence-electron chi connectivity index (χ2n) is 4.96. The van der Waals surface area contributed by atoms with Crippen molar-refractivity contribution in [1.82, 2.24) is 9.88 Å². The van der Waals surface area contributed by atoms with Crippen LogP contribution in [0, 0.1) is 0 Å². The second-order valence-corrected chi connectivity index (χ2v) is 6.71. The number of hydrogen-bond donors (Lipinski definition) is 1. The molecule has 7 nitrogen and oxygen atoms in total. The quantitative estimate of drug-likeness (QED) is 0.864. The van der Waals surface area contributed by atoms with Crippen LogP contribution in [0.4, 0.5) is 5.82 Å². The lowest BCUT2D eigenvalue weighted by molar-refractivity contribution is 0.0827. The molecule has 20 heavy (non-hydrogen) atoms. The largest absolute Gasteiger partial charge is 0.489 e. The highest BCUT2D eigenvalue weighted by atomic mass is 32.2. The van der Waals surface area contributed by atoms with Crippen LogP contribution >= 0.6 is 0 Å². The second kappa shape index (κ2) is 5.28. The summed E-state index contributed by atoms with van der Waals surface area (Å²) in [6.07, 6.45) is 4.57. The lowest BCUT2D eigenvalue weighted by Crippen LogP contribution is -2.24. The minimum absolute atomic E-state index is 0.00865. The van der Waals surface area contributed by atoms with Crippen molar-refractivity contribution in [1.29, 1.82) is 0 Å². The highest BCUT2D eigenvalue weighted by Crippen LogP contribution is 2.28. The number of anilines is 1. The number of carbonyl (C=O) groups excluding carboxylic acids is 1. The molecule has 110 valence electrons. The molecule has 2 rings (SSSR count). The number of pyridine rings is 1. The maximum absolute atomic E-state index is 12.1. The maximum Gasteiger partial charge on any atom is 0.257 e. The molecule has 1 aliphatic rings. The number of nitrogens with one attached hydrogen (secondary N) is 1. The third-order valence-electron chi connectivity index (χ3n) is 2.61. The van der Waals surface area contributed by atoms with Crippen molar-refractivity contribution >= 4 is 21.7 Å². The summed E-state index contributed by atoms with van der Waals surface area (Å²) in [5.74, 6) is 0.135. The van der Waals surface area contributed by atoms with Crippen LogP contribution in [0.5, 0.6) is 5.75 Å². The predicted octanol–water partition coefficient (Wildman–Crippen LogP) is 0.696. The molecule has 1 heterocycles. The Morgan fingerprint density at radius 1 is 1.45 bits per heavy atom. The van der Waals surface area contributed by atoms with Crippen LogP contribution in [0.15, 0.2) is 12.3 Å². The van der Waals surface area contributed by atoms with E-state index in [2.05, 4.69) is 9.71 Å².